The van der Waals surface area contributed by atoms with Crippen molar-refractivity contribution in [1.29, 1.82) is 0 Å². The predicted octanol–water partition coefficient (Wildman–Crippen LogP) is 1.65. The van der Waals surface area contributed by atoms with Crippen LogP contribution < -0.4 is 4.90 Å². The lowest BCUT2D eigenvalue weighted by atomic mass is 10.1. The van der Waals surface area contributed by atoms with Crippen molar-refractivity contribution in [3.05, 3.63) is 28.4 Å². The van der Waals surface area contributed by atoms with E-state index in [2.05, 4.69) is 9.72 Å². The maximum Gasteiger partial charge on any atom is 0.506 e. The molecule has 1 aromatic heterocycles. The van der Waals surface area contributed by atoms with E-state index >= 15 is 0 Å². The SMILES string of the molecule is O=C(O)OC1CCN(c2ncccc2[N+](=O)[O-])CC1. The molecule has 8 nitrogen and oxygen atoms in total. The molecule has 0 spiro atoms. The number of carboxylic acid groups (broad SMARTS) is 1. The number of piperidine rings is 1. The van der Waals surface area contributed by atoms with Crippen LogP contribution in [0.5, 0.6) is 0 Å². The Morgan fingerprint density at radius 2 is 2.21 bits per heavy atom. The summed E-state index contributed by atoms with van der Waals surface area (Å²) >= 11 is 0. The molecule has 8 heteroatoms. The van der Waals surface area contributed by atoms with Crippen LogP contribution in [0, 0.1) is 10.1 Å². The molecule has 102 valence electrons. The van der Waals surface area contributed by atoms with Crippen molar-refractivity contribution < 1.29 is 19.6 Å². The highest BCUT2D eigenvalue weighted by Gasteiger charge is 2.27. The monoisotopic (exact) mass is 267 g/mol. The number of aromatic nitrogens is 1. The summed E-state index contributed by atoms with van der Waals surface area (Å²) in [5.74, 6) is 0.321. The fourth-order valence-electron chi connectivity index (χ4n) is 2.10. The molecule has 0 unspecified atom stereocenters. The molecule has 1 saturated heterocycles. The van der Waals surface area contributed by atoms with Gasteiger partial charge in [-0.15, -0.1) is 0 Å². The minimum atomic E-state index is -1.29. The molecule has 0 radical (unpaired) electrons. The minimum absolute atomic E-state index is 0.0416. The van der Waals surface area contributed by atoms with Gasteiger partial charge in [0.2, 0.25) is 5.82 Å². The van der Waals surface area contributed by atoms with Gasteiger partial charge < -0.3 is 14.7 Å². The number of carbonyl (C=O) groups is 1. The largest absolute Gasteiger partial charge is 0.506 e. The van der Waals surface area contributed by atoms with Crippen molar-refractivity contribution in [3.63, 3.8) is 0 Å². The smallest absolute Gasteiger partial charge is 0.450 e. The molecule has 0 amide bonds. The zero-order chi connectivity index (χ0) is 13.8. The van der Waals surface area contributed by atoms with Crippen LogP contribution in [0.25, 0.3) is 0 Å². The normalized spacial score (nSPS) is 16.1. The first kappa shape index (κ1) is 13.1. The molecule has 1 fully saturated rings. The molecule has 0 saturated carbocycles. The van der Waals surface area contributed by atoms with Crippen LogP contribution in [-0.4, -0.2) is 40.4 Å². The minimum Gasteiger partial charge on any atom is -0.450 e. The molecule has 0 bridgehead atoms. The number of nitrogens with zero attached hydrogens (tertiary/aromatic N) is 3. The van der Waals surface area contributed by atoms with Gasteiger partial charge >= 0.3 is 11.8 Å². The third-order valence-corrected chi connectivity index (χ3v) is 2.97. The Morgan fingerprint density at radius 3 is 2.79 bits per heavy atom. The van der Waals surface area contributed by atoms with Crippen LogP contribution in [0.4, 0.5) is 16.3 Å². The van der Waals surface area contributed by atoms with Gasteiger partial charge in [-0.1, -0.05) is 0 Å². The molecule has 19 heavy (non-hydrogen) atoms. The standard InChI is InChI=1S/C11H13N3O5/c15-11(16)19-8-3-6-13(7-4-8)10-9(14(17)18)2-1-5-12-10/h1-2,5,8H,3-4,6-7H2,(H,15,16). The summed E-state index contributed by atoms with van der Waals surface area (Å²) in [6.07, 6.45) is 0.862. The molecular formula is C11H13N3O5. The summed E-state index contributed by atoms with van der Waals surface area (Å²) in [6.45, 7) is 0.964. The van der Waals surface area contributed by atoms with Gasteiger partial charge in [0, 0.05) is 38.2 Å². The zero-order valence-electron chi connectivity index (χ0n) is 10.1. The summed E-state index contributed by atoms with van der Waals surface area (Å²) in [6, 6.07) is 2.92. The van der Waals surface area contributed by atoms with Crippen LogP contribution >= 0.6 is 0 Å². The molecule has 1 aromatic rings. The number of hydrogen-bond donors (Lipinski definition) is 1. The van der Waals surface area contributed by atoms with Gasteiger partial charge in [0.05, 0.1) is 4.92 Å². The molecule has 1 aliphatic rings. The molecule has 1 aliphatic heterocycles. The van der Waals surface area contributed by atoms with E-state index in [-0.39, 0.29) is 11.8 Å². The predicted molar refractivity (Wildman–Crippen MR) is 65.2 cm³/mol. The summed E-state index contributed by atoms with van der Waals surface area (Å²) < 4.78 is 4.69. The molecule has 1 N–H and O–H groups in total. The summed E-state index contributed by atoms with van der Waals surface area (Å²) in [5, 5.41) is 19.4. The lowest BCUT2D eigenvalue weighted by Crippen LogP contribution is -2.38. The lowest BCUT2D eigenvalue weighted by Gasteiger charge is -2.31. The first-order valence-electron chi connectivity index (χ1n) is 5.82. The Balaban J connectivity index is 2.05. The fraction of sp³-hybridized carbons (Fsp3) is 0.455. The third kappa shape index (κ3) is 3.09. The molecule has 0 aromatic carbocycles. The summed E-state index contributed by atoms with van der Waals surface area (Å²) in [7, 11) is 0. The summed E-state index contributed by atoms with van der Waals surface area (Å²) in [5.41, 5.74) is -0.0416. The maximum absolute atomic E-state index is 10.9. The van der Waals surface area contributed by atoms with E-state index in [1.54, 1.807) is 4.90 Å². The van der Waals surface area contributed by atoms with Crippen molar-refractivity contribution in [1.82, 2.24) is 4.98 Å². The Labute approximate surface area is 108 Å². The number of anilines is 1. The summed E-state index contributed by atoms with van der Waals surface area (Å²) in [4.78, 5) is 26.7. The highest BCUT2D eigenvalue weighted by molar-refractivity contribution is 5.58. The highest BCUT2D eigenvalue weighted by Crippen LogP contribution is 2.27. The lowest BCUT2D eigenvalue weighted by molar-refractivity contribution is -0.384. The quantitative estimate of drug-likeness (QED) is 0.504. The number of hydrogen-bond acceptors (Lipinski definition) is 6. The van der Waals surface area contributed by atoms with E-state index in [1.807, 2.05) is 0 Å². The van der Waals surface area contributed by atoms with E-state index in [0.717, 1.165) is 0 Å². The average Bonchev–Trinajstić information content (AvgIpc) is 2.39. The van der Waals surface area contributed by atoms with Gasteiger partial charge in [0.25, 0.3) is 0 Å². The molecule has 0 aliphatic carbocycles. The number of rotatable bonds is 3. The Morgan fingerprint density at radius 1 is 1.53 bits per heavy atom. The highest BCUT2D eigenvalue weighted by atomic mass is 16.7. The van der Waals surface area contributed by atoms with E-state index in [1.165, 1.54) is 18.3 Å². The van der Waals surface area contributed by atoms with E-state index < -0.39 is 11.1 Å². The van der Waals surface area contributed by atoms with Gasteiger partial charge in [0.15, 0.2) is 0 Å². The first-order chi connectivity index (χ1) is 9.08. The molecule has 2 heterocycles. The third-order valence-electron chi connectivity index (χ3n) is 2.97. The fourth-order valence-corrected chi connectivity index (χ4v) is 2.10. The van der Waals surface area contributed by atoms with Crippen LogP contribution in [0.1, 0.15) is 12.8 Å². The second-order valence-corrected chi connectivity index (χ2v) is 4.17. The molecular weight excluding hydrogens is 254 g/mol. The van der Waals surface area contributed by atoms with Crippen LogP contribution in [0.15, 0.2) is 18.3 Å². The van der Waals surface area contributed by atoms with Crippen molar-refractivity contribution in [3.8, 4) is 0 Å². The molecule has 2 rings (SSSR count). The van der Waals surface area contributed by atoms with Gasteiger partial charge in [-0.2, -0.15) is 0 Å². The van der Waals surface area contributed by atoms with Crippen LogP contribution in [0.2, 0.25) is 0 Å². The Bertz CT molecular complexity index is 485. The number of ether oxygens (including phenoxy) is 1. The van der Waals surface area contributed by atoms with Gasteiger partial charge in [-0.3, -0.25) is 10.1 Å². The van der Waals surface area contributed by atoms with Crippen molar-refractivity contribution in [2.45, 2.75) is 18.9 Å². The van der Waals surface area contributed by atoms with Crippen molar-refractivity contribution in [2.75, 3.05) is 18.0 Å². The van der Waals surface area contributed by atoms with E-state index in [4.69, 9.17) is 5.11 Å². The molecule has 0 atom stereocenters. The first-order valence-corrected chi connectivity index (χ1v) is 5.82. The zero-order valence-corrected chi connectivity index (χ0v) is 10.1. The number of nitro groups is 1. The van der Waals surface area contributed by atoms with Crippen molar-refractivity contribution in [2.24, 2.45) is 0 Å². The average molecular weight is 267 g/mol. The Kier molecular flexibility index (Phi) is 3.79. The number of pyridine rings is 1. The van der Waals surface area contributed by atoms with E-state index in [0.29, 0.717) is 31.7 Å². The second kappa shape index (κ2) is 5.51. The Hall–Kier alpha value is -2.38. The van der Waals surface area contributed by atoms with Crippen LogP contribution in [-0.2, 0) is 4.74 Å². The van der Waals surface area contributed by atoms with Crippen LogP contribution in [0.3, 0.4) is 0 Å². The van der Waals surface area contributed by atoms with Crippen molar-refractivity contribution >= 4 is 17.7 Å². The topological polar surface area (TPSA) is 106 Å². The van der Waals surface area contributed by atoms with Gasteiger partial charge in [-0.25, -0.2) is 9.78 Å². The van der Waals surface area contributed by atoms with Gasteiger partial charge in [0.1, 0.15) is 6.10 Å². The second-order valence-electron chi connectivity index (χ2n) is 4.17. The maximum atomic E-state index is 10.9. The van der Waals surface area contributed by atoms with Gasteiger partial charge in [-0.05, 0) is 6.07 Å². The van der Waals surface area contributed by atoms with E-state index in [9.17, 15) is 14.9 Å².